The predicted molar refractivity (Wildman–Crippen MR) is 149 cm³/mol. The Morgan fingerprint density at radius 3 is 2.83 bits per heavy atom. The topological polar surface area (TPSA) is 83.1 Å². The van der Waals surface area contributed by atoms with Crippen LogP contribution in [0.15, 0.2) is 35.3 Å². The number of hydrogen-bond acceptors (Lipinski definition) is 5. The van der Waals surface area contributed by atoms with Gasteiger partial charge >= 0.3 is 6.03 Å². The van der Waals surface area contributed by atoms with Crippen molar-refractivity contribution in [1.29, 1.82) is 0 Å². The van der Waals surface area contributed by atoms with Gasteiger partial charge in [0, 0.05) is 50.9 Å². The molecule has 3 atom stereocenters. The van der Waals surface area contributed by atoms with Crippen LogP contribution in [0.4, 0.5) is 4.79 Å². The Morgan fingerprint density at radius 2 is 2.17 bits per heavy atom. The number of carbonyl (C=O) groups excluding carboxylic acids is 1. The zero-order valence-electron chi connectivity index (χ0n) is 22.5. The van der Waals surface area contributed by atoms with Gasteiger partial charge < -0.3 is 30.1 Å². The number of likely N-dealkylation sites (tertiary alicyclic amines) is 1. The van der Waals surface area contributed by atoms with E-state index in [4.69, 9.17) is 9.47 Å². The minimum absolute atomic E-state index is 0.0558. The lowest BCUT2D eigenvalue weighted by Gasteiger charge is -2.43. The maximum absolute atomic E-state index is 13.3. The SMILES string of the molecule is C=CCOc1c(Br)cccc1[C@](O)(CCCCOC)[C@@H]1CCCN(C(=O)N[C@H](CNC)CC(C)C)C1. The van der Waals surface area contributed by atoms with Crippen LogP contribution in [0.2, 0.25) is 0 Å². The molecule has 1 heterocycles. The second-order valence-electron chi connectivity index (χ2n) is 10.2. The van der Waals surface area contributed by atoms with Gasteiger partial charge in [0.2, 0.25) is 0 Å². The van der Waals surface area contributed by atoms with Crippen molar-refractivity contribution in [3.63, 3.8) is 0 Å². The number of hydrogen-bond donors (Lipinski definition) is 3. The Hall–Kier alpha value is -1.61. The van der Waals surface area contributed by atoms with E-state index in [1.165, 1.54) is 0 Å². The third-order valence-electron chi connectivity index (χ3n) is 6.85. The Labute approximate surface area is 226 Å². The standard InChI is InChI=1S/C28H46BrN3O4/c1-6-16-36-26-24(12-9-13-25(26)29)28(34,14-7-8-17-35-5)22-11-10-15-32(20-22)27(33)31-23(19-30-4)18-21(2)3/h6,9,12-13,21-23,30,34H,1,7-8,10-11,14-20H2,2-5H3,(H,31,33)/t22-,23+,28+/m1/s1. The lowest BCUT2D eigenvalue weighted by Crippen LogP contribution is -2.54. The molecule has 0 aromatic heterocycles. The molecule has 0 aliphatic carbocycles. The number of urea groups is 1. The minimum Gasteiger partial charge on any atom is -0.488 e. The highest BCUT2D eigenvalue weighted by atomic mass is 79.9. The van der Waals surface area contributed by atoms with Crippen LogP contribution in [-0.2, 0) is 10.3 Å². The van der Waals surface area contributed by atoms with Crippen molar-refractivity contribution in [1.82, 2.24) is 15.5 Å². The number of carbonyl (C=O) groups is 1. The molecule has 1 aliphatic rings. The number of likely N-dealkylation sites (N-methyl/N-ethyl adjacent to an activating group) is 1. The highest BCUT2D eigenvalue weighted by Gasteiger charge is 2.43. The number of unbranched alkanes of at least 4 members (excludes halogenated alkanes) is 1. The summed E-state index contributed by atoms with van der Waals surface area (Å²) in [6.07, 6.45) is 6.52. The van der Waals surface area contributed by atoms with Gasteiger partial charge in [0.05, 0.1) is 10.1 Å². The van der Waals surface area contributed by atoms with E-state index in [-0.39, 0.29) is 18.0 Å². The average Bonchev–Trinajstić information content (AvgIpc) is 2.85. The first-order chi connectivity index (χ1) is 17.3. The Kier molecular flexibility index (Phi) is 13.3. The van der Waals surface area contributed by atoms with E-state index in [1.807, 2.05) is 30.1 Å². The Balaban J connectivity index is 2.30. The maximum atomic E-state index is 13.3. The molecule has 2 amide bonds. The fourth-order valence-corrected chi connectivity index (χ4v) is 5.65. The van der Waals surface area contributed by atoms with Gasteiger partial charge in [-0.15, -0.1) is 0 Å². The molecule has 0 unspecified atom stereocenters. The van der Waals surface area contributed by atoms with E-state index in [0.717, 1.165) is 48.7 Å². The number of amides is 2. The van der Waals surface area contributed by atoms with Gasteiger partial charge in [-0.05, 0) is 73.5 Å². The van der Waals surface area contributed by atoms with E-state index in [9.17, 15) is 9.90 Å². The van der Waals surface area contributed by atoms with Gasteiger partial charge in [-0.25, -0.2) is 4.79 Å². The zero-order valence-corrected chi connectivity index (χ0v) is 24.1. The van der Waals surface area contributed by atoms with Crippen molar-refractivity contribution in [3.8, 4) is 5.75 Å². The fourth-order valence-electron chi connectivity index (χ4n) is 5.16. The van der Waals surface area contributed by atoms with Gasteiger partial charge in [-0.1, -0.05) is 38.6 Å². The number of ether oxygens (including phenoxy) is 2. The van der Waals surface area contributed by atoms with E-state index in [2.05, 4.69) is 47.0 Å². The molecule has 7 nitrogen and oxygen atoms in total. The van der Waals surface area contributed by atoms with Gasteiger partial charge in [-0.2, -0.15) is 0 Å². The summed E-state index contributed by atoms with van der Waals surface area (Å²) in [5, 5.41) is 18.8. The van der Waals surface area contributed by atoms with Gasteiger partial charge in [-0.3, -0.25) is 0 Å². The summed E-state index contributed by atoms with van der Waals surface area (Å²) in [7, 11) is 3.60. The van der Waals surface area contributed by atoms with Crippen molar-refractivity contribution in [3.05, 3.63) is 40.9 Å². The van der Waals surface area contributed by atoms with Crippen LogP contribution in [0.3, 0.4) is 0 Å². The predicted octanol–water partition coefficient (Wildman–Crippen LogP) is 5.07. The number of rotatable bonds is 15. The van der Waals surface area contributed by atoms with E-state index < -0.39 is 5.60 Å². The number of aliphatic hydroxyl groups is 1. The van der Waals surface area contributed by atoms with Crippen LogP contribution in [0.5, 0.6) is 5.75 Å². The maximum Gasteiger partial charge on any atom is 0.317 e. The summed E-state index contributed by atoms with van der Waals surface area (Å²) in [6.45, 7) is 11.0. The number of halogens is 1. The molecule has 0 bridgehead atoms. The third-order valence-corrected chi connectivity index (χ3v) is 7.48. The number of benzene rings is 1. The lowest BCUT2D eigenvalue weighted by atomic mass is 9.73. The first-order valence-corrected chi connectivity index (χ1v) is 14.0. The highest BCUT2D eigenvalue weighted by Crippen LogP contribution is 2.45. The van der Waals surface area contributed by atoms with Crippen molar-refractivity contribution < 1.29 is 19.4 Å². The Morgan fingerprint density at radius 1 is 1.39 bits per heavy atom. The molecule has 1 aromatic carbocycles. The number of methoxy groups -OCH3 is 1. The zero-order chi connectivity index (χ0) is 26.6. The number of nitrogens with zero attached hydrogens (tertiary/aromatic N) is 1. The Bertz CT molecular complexity index is 822. The quantitative estimate of drug-likeness (QED) is 0.203. The lowest BCUT2D eigenvalue weighted by molar-refractivity contribution is -0.0579. The average molecular weight is 569 g/mol. The van der Waals surface area contributed by atoms with Crippen LogP contribution in [-0.4, -0.2) is 69.1 Å². The second kappa shape index (κ2) is 15.6. The van der Waals surface area contributed by atoms with Crippen LogP contribution in [0, 0.1) is 11.8 Å². The first-order valence-electron chi connectivity index (χ1n) is 13.2. The molecule has 2 rings (SSSR count). The summed E-state index contributed by atoms with van der Waals surface area (Å²) in [4.78, 5) is 15.2. The molecule has 204 valence electrons. The summed E-state index contributed by atoms with van der Waals surface area (Å²) in [6, 6.07) is 5.82. The molecular weight excluding hydrogens is 522 g/mol. The molecule has 1 aliphatic heterocycles. The normalized spacial score (nSPS) is 18.5. The van der Waals surface area contributed by atoms with Crippen LogP contribution < -0.4 is 15.4 Å². The summed E-state index contributed by atoms with van der Waals surface area (Å²) >= 11 is 3.61. The van der Waals surface area contributed by atoms with E-state index in [1.54, 1.807) is 13.2 Å². The van der Waals surface area contributed by atoms with Crippen LogP contribution in [0.1, 0.15) is 57.9 Å². The fraction of sp³-hybridized carbons (Fsp3) is 0.679. The van der Waals surface area contributed by atoms with Crippen molar-refractivity contribution in [2.75, 3.05) is 47.0 Å². The van der Waals surface area contributed by atoms with Crippen molar-refractivity contribution in [2.24, 2.45) is 11.8 Å². The van der Waals surface area contributed by atoms with Gasteiger partial charge in [0.25, 0.3) is 0 Å². The van der Waals surface area contributed by atoms with Crippen LogP contribution >= 0.6 is 15.9 Å². The summed E-state index contributed by atoms with van der Waals surface area (Å²) < 4.78 is 12.1. The van der Waals surface area contributed by atoms with Crippen LogP contribution in [0.25, 0.3) is 0 Å². The van der Waals surface area contributed by atoms with Crippen molar-refractivity contribution in [2.45, 2.75) is 64.0 Å². The molecule has 0 radical (unpaired) electrons. The van der Waals surface area contributed by atoms with Gasteiger partial charge in [0.1, 0.15) is 12.4 Å². The number of piperidine rings is 1. The first kappa shape index (κ1) is 30.6. The third kappa shape index (κ3) is 8.75. The molecule has 0 spiro atoms. The molecule has 0 saturated carbocycles. The molecule has 1 aromatic rings. The summed E-state index contributed by atoms with van der Waals surface area (Å²) in [5.41, 5.74) is -0.383. The van der Waals surface area contributed by atoms with E-state index in [0.29, 0.717) is 44.4 Å². The van der Waals surface area contributed by atoms with E-state index >= 15 is 0 Å². The highest BCUT2D eigenvalue weighted by molar-refractivity contribution is 9.10. The monoisotopic (exact) mass is 567 g/mol. The number of para-hydroxylation sites is 1. The van der Waals surface area contributed by atoms with Crippen molar-refractivity contribution >= 4 is 22.0 Å². The smallest absolute Gasteiger partial charge is 0.317 e. The molecule has 8 heteroatoms. The molecule has 1 saturated heterocycles. The molecule has 3 N–H and O–H groups in total. The second-order valence-corrected chi connectivity index (χ2v) is 11.1. The molecule has 36 heavy (non-hydrogen) atoms. The molecule has 1 fully saturated rings. The summed E-state index contributed by atoms with van der Waals surface area (Å²) in [5.74, 6) is 1.01. The number of nitrogens with one attached hydrogen (secondary N) is 2. The minimum atomic E-state index is -1.14. The largest absolute Gasteiger partial charge is 0.488 e. The molecular formula is C28H46BrN3O4. The van der Waals surface area contributed by atoms with Gasteiger partial charge in [0.15, 0.2) is 0 Å².